The van der Waals surface area contributed by atoms with Crippen molar-refractivity contribution in [2.45, 2.75) is 78.5 Å². The molecule has 0 rings (SSSR count). The van der Waals surface area contributed by atoms with Gasteiger partial charge in [0.15, 0.2) is 0 Å². The standard InChI is InChI=1S/C15H34N2O/c1-7-8-9-10-17(14(4)5)12-15(6,18)11-16-13(2)3/h13-14,16,18H,7-12H2,1-6H3. The smallest absolute Gasteiger partial charge is 0.0869 e. The molecule has 3 heteroatoms. The lowest BCUT2D eigenvalue weighted by Crippen LogP contribution is -2.50. The van der Waals surface area contributed by atoms with Crippen LogP contribution in [0.15, 0.2) is 0 Å². The lowest BCUT2D eigenvalue weighted by Gasteiger charge is -2.35. The van der Waals surface area contributed by atoms with E-state index >= 15 is 0 Å². The zero-order chi connectivity index (χ0) is 14.2. The first-order valence-electron chi connectivity index (χ1n) is 7.48. The van der Waals surface area contributed by atoms with Gasteiger partial charge in [0, 0.05) is 25.2 Å². The van der Waals surface area contributed by atoms with Crippen molar-refractivity contribution in [1.82, 2.24) is 10.2 Å². The quantitative estimate of drug-likeness (QED) is 0.591. The SMILES string of the molecule is CCCCCN(CC(C)(O)CNC(C)C)C(C)C. The normalized spacial score (nSPS) is 15.7. The maximum atomic E-state index is 10.4. The molecule has 0 aromatic rings. The minimum atomic E-state index is -0.652. The van der Waals surface area contributed by atoms with Crippen LogP contribution in [0.4, 0.5) is 0 Å². The van der Waals surface area contributed by atoms with Crippen molar-refractivity contribution in [3.05, 3.63) is 0 Å². The Morgan fingerprint density at radius 1 is 1.17 bits per heavy atom. The highest BCUT2D eigenvalue weighted by atomic mass is 16.3. The highest BCUT2D eigenvalue weighted by molar-refractivity contribution is 4.82. The molecule has 1 unspecified atom stereocenters. The molecule has 18 heavy (non-hydrogen) atoms. The Labute approximate surface area is 114 Å². The third-order valence-corrected chi connectivity index (χ3v) is 3.21. The first-order valence-corrected chi connectivity index (χ1v) is 7.48. The Morgan fingerprint density at radius 3 is 2.22 bits per heavy atom. The van der Waals surface area contributed by atoms with Crippen LogP contribution in [-0.2, 0) is 0 Å². The average molecular weight is 258 g/mol. The Bertz CT molecular complexity index is 203. The maximum Gasteiger partial charge on any atom is 0.0869 e. The second-order valence-electron chi connectivity index (χ2n) is 6.30. The third kappa shape index (κ3) is 8.90. The highest BCUT2D eigenvalue weighted by Gasteiger charge is 2.25. The molecule has 110 valence electrons. The number of rotatable bonds is 10. The summed E-state index contributed by atoms with van der Waals surface area (Å²) in [6.45, 7) is 15.3. The van der Waals surface area contributed by atoms with Gasteiger partial charge in [0.05, 0.1) is 5.60 Å². The van der Waals surface area contributed by atoms with Crippen molar-refractivity contribution in [3.63, 3.8) is 0 Å². The Morgan fingerprint density at radius 2 is 1.78 bits per heavy atom. The first kappa shape index (κ1) is 17.9. The molecule has 0 aromatic carbocycles. The van der Waals surface area contributed by atoms with Crippen molar-refractivity contribution in [2.75, 3.05) is 19.6 Å². The zero-order valence-corrected chi connectivity index (χ0v) is 13.3. The lowest BCUT2D eigenvalue weighted by atomic mass is 10.0. The van der Waals surface area contributed by atoms with E-state index < -0.39 is 5.60 Å². The van der Waals surface area contributed by atoms with Gasteiger partial charge < -0.3 is 10.4 Å². The Hall–Kier alpha value is -0.120. The van der Waals surface area contributed by atoms with Gasteiger partial charge in [-0.25, -0.2) is 0 Å². The van der Waals surface area contributed by atoms with Crippen molar-refractivity contribution in [2.24, 2.45) is 0 Å². The second-order valence-corrected chi connectivity index (χ2v) is 6.30. The summed E-state index contributed by atoms with van der Waals surface area (Å²) < 4.78 is 0. The summed E-state index contributed by atoms with van der Waals surface area (Å²) in [4.78, 5) is 2.39. The fourth-order valence-corrected chi connectivity index (χ4v) is 2.00. The number of hydrogen-bond donors (Lipinski definition) is 2. The molecule has 0 saturated carbocycles. The van der Waals surface area contributed by atoms with E-state index in [-0.39, 0.29) is 0 Å². The monoisotopic (exact) mass is 258 g/mol. The van der Waals surface area contributed by atoms with Gasteiger partial charge in [0.2, 0.25) is 0 Å². The molecule has 3 nitrogen and oxygen atoms in total. The number of nitrogens with zero attached hydrogens (tertiary/aromatic N) is 1. The van der Waals surface area contributed by atoms with Gasteiger partial charge >= 0.3 is 0 Å². The van der Waals surface area contributed by atoms with Gasteiger partial charge in [-0.3, -0.25) is 4.90 Å². The summed E-state index contributed by atoms with van der Waals surface area (Å²) in [5.74, 6) is 0. The van der Waals surface area contributed by atoms with E-state index in [1.165, 1.54) is 19.3 Å². The highest BCUT2D eigenvalue weighted by Crippen LogP contribution is 2.11. The average Bonchev–Trinajstić information content (AvgIpc) is 2.25. The van der Waals surface area contributed by atoms with E-state index in [4.69, 9.17) is 0 Å². The summed E-state index contributed by atoms with van der Waals surface area (Å²) in [6, 6.07) is 0.913. The van der Waals surface area contributed by atoms with E-state index in [1.54, 1.807) is 0 Å². The molecule has 0 heterocycles. The molecule has 2 N–H and O–H groups in total. The van der Waals surface area contributed by atoms with Crippen LogP contribution in [0.25, 0.3) is 0 Å². The van der Waals surface area contributed by atoms with Crippen LogP contribution in [0.5, 0.6) is 0 Å². The fourth-order valence-electron chi connectivity index (χ4n) is 2.00. The molecule has 0 aromatic heterocycles. The molecule has 1 atom stereocenters. The minimum absolute atomic E-state index is 0.420. The number of aliphatic hydroxyl groups is 1. The van der Waals surface area contributed by atoms with Crippen LogP contribution in [0.1, 0.15) is 60.8 Å². The van der Waals surface area contributed by atoms with Crippen LogP contribution in [0.2, 0.25) is 0 Å². The Kier molecular flexibility index (Phi) is 8.83. The largest absolute Gasteiger partial charge is 0.388 e. The molecule has 0 amide bonds. The predicted molar refractivity (Wildman–Crippen MR) is 80.0 cm³/mol. The molecular weight excluding hydrogens is 224 g/mol. The van der Waals surface area contributed by atoms with Gasteiger partial charge in [-0.1, -0.05) is 33.6 Å². The number of unbranched alkanes of at least 4 members (excludes halogenated alkanes) is 2. The summed E-state index contributed by atoms with van der Waals surface area (Å²) in [5, 5.41) is 13.8. The van der Waals surface area contributed by atoms with Crippen LogP contribution in [-0.4, -0.2) is 47.3 Å². The van der Waals surface area contributed by atoms with Crippen LogP contribution in [0.3, 0.4) is 0 Å². The topological polar surface area (TPSA) is 35.5 Å². The lowest BCUT2D eigenvalue weighted by molar-refractivity contribution is 0.00896. The van der Waals surface area contributed by atoms with E-state index in [9.17, 15) is 5.11 Å². The van der Waals surface area contributed by atoms with E-state index in [2.05, 4.69) is 44.8 Å². The first-order chi connectivity index (χ1) is 8.28. The van der Waals surface area contributed by atoms with Gasteiger partial charge in [0.25, 0.3) is 0 Å². The van der Waals surface area contributed by atoms with Crippen molar-refractivity contribution < 1.29 is 5.11 Å². The van der Waals surface area contributed by atoms with Gasteiger partial charge in [-0.05, 0) is 33.7 Å². The summed E-state index contributed by atoms with van der Waals surface area (Å²) >= 11 is 0. The molecule has 0 radical (unpaired) electrons. The third-order valence-electron chi connectivity index (χ3n) is 3.21. The van der Waals surface area contributed by atoms with Crippen LogP contribution in [0, 0.1) is 0 Å². The van der Waals surface area contributed by atoms with Gasteiger partial charge in [-0.2, -0.15) is 0 Å². The molecule has 0 aliphatic carbocycles. The molecule has 0 fully saturated rings. The molecular formula is C15H34N2O. The van der Waals surface area contributed by atoms with Gasteiger partial charge in [0.1, 0.15) is 0 Å². The predicted octanol–water partition coefficient (Wildman–Crippen LogP) is 2.64. The molecule has 0 saturated heterocycles. The van der Waals surface area contributed by atoms with Gasteiger partial charge in [-0.15, -0.1) is 0 Å². The van der Waals surface area contributed by atoms with E-state index in [1.807, 2.05) is 6.92 Å². The van der Waals surface area contributed by atoms with Crippen LogP contribution >= 0.6 is 0 Å². The summed E-state index contributed by atoms with van der Waals surface area (Å²) in [6.07, 6.45) is 3.75. The number of nitrogens with one attached hydrogen (secondary N) is 1. The fraction of sp³-hybridized carbons (Fsp3) is 1.00. The van der Waals surface area contributed by atoms with Crippen molar-refractivity contribution >= 4 is 0 Å². The van der Waals surface area contributed by atoms with Crippen LogP contribution < -0.4 is 5.32 Å². The van der Waals surface area contributed by atoms with E-state index in [0.29, 0.717) is 18.6 Å². The minimum Gasteiger partial charge on any atom is -0.388 e. The summed E-state index contributed by atoms with van der Waals surface area (Å²) in [5.41, 5.74) is -0.652. The molecule has 0 bridgehead atoms. The second kappa shape index (κ2) is 8.89. The van der Waals surface area contributed by atoms with Crippen molar-refractivity contribution in [3.8, 4) is 0 Å². The molecule has 0 aliphatic heterocycles. The number of hydrogen-bond acceptors (Lipinski definition) is 3. The van der Waals surface area contributed by atoms with Crippen molar-refractivity contribution in [1.29, 1.82) is 0 Å². The molecule has 0 aliphatic rings. The van der Waals surface area contributed by atoms with E-state index in [0.717, 1.165) is 13.1 Å². The summed E-state index contributed by atoms with van der Waals surface area (Å²) in [7, 11) is 0. The maximum absolute atomic E-state index is 10.4. The zero-order valence-electron chi connectivity index (χ0n) is 13.3. The molecule has 0 spiro atoms. The Balaban J connectivity index is 4.19.